The van der Waals surface area contributed by atoms with E-state index in [-0.39, 0.29) is 5.43 Å². The van der Waals surface area contributed by atoms with Gasteiger partial charge in [0.05, 0.1) is 5.56 Å². The number of aryl methyl sites for hydroxylation is 1. The SMILES string of the molecule is CCCCc1cn(-c2ccc(-c3ccccc3)c(C(=O)O)c2C)c2c(c1=O)CC(C)CC2. The summed E-state index contributed by atoms with van der Waals surface area (Å²) in [6.45, 7) is 6.21. The van der Waals surface area contributed by atoms with Crippen molar-refractivity contribution in [2.75, 3.05) is 0 Å². The molecule has 0 aliphatic heterocycles. The maximum atomic E-state index is 13.2. The molecule has 1 unspecified atom stereocenters. The van der Waals surface area contributed by atoms with E-state index in [0.717, 1.165) is 72.2 Å². The van der Waals surface area contributed by atoms with E-state index < -0.39 is 5.97 Å². The number of rotatable bonds is 6. The smallest absolute Gasteiger partial charge is 0.336 e. The van der Waals surface area contributed by atoms with Crippen LogP contribution in [-0.4, -0.2) is 15.6 Å². The summed E-state index contributed by atoms with van der Waals surface area (Å²) < 4.78 is 2.12. The van der Waals surface area contributed by atoms with Gasteiger partial charge in [-0.15, -0.1) is 0 Å². The number of benzene rings is 2. The molecule has 32 heavy (non-hydrogen) atoms. The molecule has 0 saturated heterocycles. The van der Waals surface area contributed by atoms with E-state index in [1.165, 1.54) is 0 Å². The summed E-state index contributed by atoms with van der Waals surface area (Å²) in [5.41, 5.74) is 6.49. The number of fused-ring (bicyclic) bond motifs is 1. The monoisotopic (exact) mass is 429 g/mol. The number of pyridine rings is 1. The van der Waals surface area contributed by atoms with Crippen molar-refractivity contribution in [3.05, 3.63) is 86.8 Å². The zero-order chi connectivity index (χ0) is 22.8. The van der Waals surface area contributed by atoms with Crippen LogP contribution in [0, 0.1) is 12.8 Å². The predicted molar refractivity (Wildman–Crippen MR) is 129 cm³/mol. The number of aromatic nitrogens is 1. The van der Waals surface area contributed by atoms with Crippen molar-refractivity contribution in [2.24, 2.45) is 5.92 Å². The molecule has 0 bridgehead atoms. The summed E-state index contributed by atoms with van der Waals surface area (Å²) in [7, 11) is 0. The first-order valence-electron chi connectivity index (χ1n) is 11.6. The van der Waals surface area contributed by atoms with Crippen molar-refractivity contribution in [3.63, 3.8) is 0 Å². The normalized spacial score (nSPS) is 15.4. The molecular weight excluding hydrogens is 398 g/mol. The summed E-state index contributed by atoms with van der Waals surface area (Å²) in [4.78, 5) is 25.6. The van der Waals surface area contributed by atoms with E-state index in [1.54, 1.807) is 0 Å². The van der Waals surface area contributed by atoms with Gasteiger partial charge >= 0.3 is 5.97 Å². The van der Waals surface area contributed by atoms with Crippen LogP contribution < -0.4 is 5.43 Å². The zero-order valence-corrected chi connectivity index (χ0v) is 19.1. The standard InChI is InChI=1S/C28H31NO3/c1-4-5-9-21-17-29(25-14-12-18(2)16-23(25)27(21)30)24-15-13-22(20-10-7-6-8-11-20)26(19(24)3)28(31)32/h6-8,10-11,13,15,17-18H,4-5,9,12,14,16H2,1-3H3,(H,31,32). The van der Waals surface area contributed by atoms with Crippen LogP contribution in [0.3, 0.4) is 0 Å². The Kier molecular flexibility index (Phi) is 6.31. The summed E-state index contributed by atoms with van der Waals surface area (Å²) >= 11 is 0. The van der Waals surface area contributed by atoms with Gasteiger partial charge in [0.1, 0.15) is 0 Å². The Balaban J connectivity index is 1.95. The van der Waals surface area contributed by atoms with Crippen molar-refractivity contribution < 1.29 is 9.90 Å². The fourth-order valence-electron chi connectivity index (χ4n) is 4.93. The molecular formula is C28H31NO3. The maximum Gasteiger partial charge on any atom is 0.336 e. The van der Waals surface area contributed by atoms with Crippen LogP contribution in [0.25, 0.3) is 16.8 Å². The summed E-state index contributed by atoms with van der Waals surface area (Å²) in [6, 6.07) is 13.6. The lowest BCUT2D eigenvalue weighted by atomic mass is 9.86. The Morgan fingerprint density at radius 2 is 1.91 bits per heavy atom. The number of carboxylic acid groups (broad SMARTS) is 1. The van der Waals surface area contributed by atoms with Gasteiger partial charge in [0.15, 0.2) is 5.43 Å². The molecule has 0 fully saturated rings. The lowest BCUT2D eigenvalue weighted by Crippen LogP contribution is -2.28. The Morgan fingerprint density at radius 3 is 2.59 bits per heavy atom. The number of unbranched alkanes of at least 4 members (excludes halogenated alkanes) is 1. The van der Waals surface area contributed by atoms with Crippen LogP contribution in [0.15, 0.2) is 53.5 Å². The highest BCUT2D eigenvalue weighted by Gasteiger charge is 2.25. The fourth-order valence-corrected chi connectivity index (χ4v) is 4.93. The molecule has 1 aliphatic carbocycles. The van der Waals surface area contributed by atoms with Crippen molar-refractivity contribution >= 4 is 5.97 Å². The summed E-state index contributed by atoms with van der Waals surface area (Å²) in [5, 5.41) is 10.1. The average Bonchev–Trinajstić information content (AvgIpc) is 2.79. The predicted octanol–water partition coefficient (Wildman–Crippen LogP) is 5.98. The third-order valence-electron chi connectivity index (χ3n) is 6.71. The summed E-state index contributed by atoms with van der Waals surface area (Å²) in [5.74, 6) is -0.445. The van der Waals surface area contributed by atoms with Gasteiger partial charge in [-0.3, -0.25) is 4.79 Å². The van der Waals surface area contributed by atoms with Gasteiger partial charge in [0.25, 0.3) is 0 Å². The molecule has 4 nitrogen and oxygen atoms in total. The molecule has 0 radical (unpaired) electrons. The molecule has 2 aromatic carbocycles. The van der Waals surface area contributed by atoms with Gasteiger partial charge in [0.2, 0.25) is 0 Å². The minimum absolute atomic E-state index is 0.188. The van der Waals surface area contributed by atoms with Gasteiger partial charge < -0.3 is 9.67 Å². The molecule has 1 aliphatic rings. The number of nitrogens with zero attached hydrogens (tertiary/aromatic N) is 1. The molecule has 1 heterocycles. The topological polar surface area (TPSA) is 59.3 Å². The van der Waals surface area contributed by atoms with Gasteiger partial charge in [0, 0.05) is 28.7 Å². The molecule has 0 saturated carbocycles. The molecule has 0 amide bonds. The Bertz CT molecular complexity index is 1210. The number of aromatic carboxylic acids is 1. The summed E-state index contributed by atoms with van der Waals surface area (Å²) in [6.07, 6.45) is 7.39. The molecule has 1 atom stereocenters. The third kappa shape index (κ3) is 4.02. The van der Waals surface area contributed by atoms with Gasteiger partial charge in [-0.2, -0.15) is 0 Å². The van der Waals surface area contributed by atoms with Crippen LogP contribution in [0.4, 0.5) is 0 Å². The molecule has 4 heteroatoms. The van der Waals surface area contributed by atoms with E-state index >= 15 is 0 Å². The van der Waals surface area contributed by atoms with E-state index in [0.29, 0.717) is 17.0 Å². The second kappa shape index (κ2) is 9.15. The highest BCUT2D eigenvalue weighted by atomic mass is 16.4. The molecule has 0 spiro atoms. The van der Waals surface area contributed by atoms with Crippen LogP contribution >= 0.6 is 0 Å². The largest absolute Gasteiger partial charge is 0.478 e. The maximum absolute atomic E-state index is 13.2. The Morgan fingerprint density at radius 1 is 1.16 bits per heavy atom. The van der Waals surface area contributed by atoms with Crippen molar-refractivity contribution in [2.45, 2.75) is 59.3 Å². The van der Waals surface area contributed by atoms with E-state index in [4.69, 9.17) is 0 Å². The lowest BCUT2D eigenvalue weighted by Gasteiger charge is -2.27. The van der Waals surface area contributed by atoms with E-state index in [9.17, 15) is 14.7 Å². The molecule has 3 aromatic rings. The first kappa shape index (κ1) is 22.1. The first-order chi connectivity index (χ1) is 15.4. The van der Waals surface area contributed by atoms with Crippen molar-refractivity contribution in [3.8, 4) is 16.8 Å². The Labute approximate surface area is 189 Å². The minimum Gasteiger partial charge on any atom is -0.478 e. The minimum atomic E-state index is -0.932. The molecule has 4 rings (SSSR count). The molecule has 1 aromatic heterocycles. The van der Waals surface area contributed by atoms with Crippen LogP contribution in [0.1, 0.15) is 65.9 Å². The third-order valence-corrected chi connectivity index (χ3v) is 6.71. The first-order valence-corrected chi connectivity index (χ1v) is 11.6. The lowest BCUT2D eigenvalue weighted by molar-refractivity contribution is 0.0697. The van der Waals surface area contributed by atoms with E-state index in [1.807, 2.05) is 55.6 Å². The second-order valence-electron chi connectivity index (χ2n) is 9.03. The molecule has 166 valence electrons. The number of carbonyl (C=O) groups is 1. The van der Waals surface area contributed by atoms with Gasteiger partial charge in [-0.25, -0.2) is 4.79 Å². The van der Waals surface area contributed by atoms with Crippen LogP contribution in [0.5, 0.6) is 0 Å². The van der Waals surface area contributed by atoms with Crippen molar-refractivity contribution in [1.29, 1.82) is 0 Å². The quantitative estimate of drug-likeness (QED) is 0.524. The average molecular weight is 430 g/mol. The number of hydrogen-bond donors (Lipinski definition) is 1. The zero-order valence-electron chi connectivity index (χ0n) is 19.1. The van der Waals surface area contributed by atoms with Crippen LogP contribution in [0.2, 0.25) is 0 Å². The van der Waals surface area contributed by atoms with E-state index in [2.05, 4.69) is 18.4 Å². The number of carboxylic acids is 1. The highest BCUT2D eigenvalue weighted by molar-refractivity contribution is 5.98. The highest BCUT2D eigenvalue weighted by Crippen LogP contribution is 2.33. The Hall–Kier alpha value is -3.14. The second-order valence-corrected chi connectivity index (χ2v) is 9.03. The number of hydrogen-bond acceptors (Lipinski definition) is 2. The fraction of sp³-hybridized carbons (Fsp3) is 0.357. The van der Waals surface area contributed by atoms with Crippen LogP contribution in [-0.2, 0) is 19.3 Å². The van der Waals surface area contributed by atoms with Crippen molar-refractivity contribution in [1.82, 2.24) is 4.57 Å². The van der Waals surface area contributed by atoms with Gasteiger partial charge in [-0.1, -0.05) is 56.7 Å². The molecule has 1 N–H and O–H groups in total. The van der Waals surface area contributed by atoms with Gasteiger partial charge in [-0.05, 0) is 67.7 Å².